The quantitative estimate of drug-likeness (QED) is 0.383. The van der Waals surface area contributed by atoms with Gasteiger partial charge in [0.25, 0.3) is 0 Å². The van der Waals surface area contributed by atoms with Crippen molar-refractivity contribution in [2.75, 3.05) is 0 Å². The molecule has 0 aliphatic heterocycles. The number of aromatic nitrogens is 4. The van der Waals surface area contributed by atoms with Gasteiger partial charge < -0.3 is 9.09 Å². The van der Waals surface area contributed by atoms with Crippen LogP contribution in [0.15, 0.2) is 63.0 Å². The third-order valence-corrected chi connectivity index (χ3v) is 5.46. The number of nitrogens with zero attached hydrogens (tertiary/aromatic N) is 4. The molecule has 0 saturated heterocycles. The Labute approximate surface area is 166 Å². The lowest BCUT2D eigenvalue weighted by molar-refractivity contribution is -0.141. The minimum Gasteiger partial charge on any atom is -0.338 e. The van der Waals surface area contributed by atoms with Gasteiger partial charge >= 0.3 is 6.18 Å². The molecule has 0 amide bonds. The topological polar surface area (TPSA) is 56.7 Å². The number of hydrogen-bond acceptors (Lipinski definition) is 6. The van der Waals surface area contributed by atoms with Gasteiger partial charge in [-0.2, -0.15) is 29.5 Å². The summed E-state index contributed by atoms with van der Waals surface area (Å²) in [6.07, 6.45) is -2.91. The zero-order valence-electron chi connectivity index (χ0n) is 14.3. The van der Waals surface area contributed by atoms with Gasteiger partial charge in [-0.15, -0.1) is 0 Å². The van der Waals surface area contributed by atoms with Gasteiger partial charge in [0.1, 0.15) is 6.54 Å². The summed E-state index contributed by atoms with van der Waals surface area (Å²) >= 11 is 2.64. The van der Waals surface area contributed by atoms with Crippen LogP contribution in [-0.4, -0.2) is 25.9 Å². The Morgan fingerprint density at radius 2 is 1.93 bits per heavy atom. The van der Waals surface area contributed by atoms with Gasteiger partial charge in [0.05, 0.1) is 17.6 Å². The molecule has 0 aliphatic rings. The lowest BCUT2D eigenvalue weighted by Crippen LogP contribution is -2.19. The third kappa shape index (κ3) is 4.28. The van der Waals surface area contributed by atoms with Crippen molar-refractivity contribution in [2.45, 2.75) is 23.6 Å². The maximum atomic E-state index is 13.1. The summed E-state index contributed by atoms with van der Waals surface area (Å²) in [6, 6.07) is 10.7. The molecule has 3 heterocycles. The number of imidazole rings is 1. The highest BCUT2D eigenvalue weighted by Gasteiger charge is 2.31. The van der Waals surface area contributed by atoms with Crippen molar-refractivity contribution in [3.8, 4) is 22.6 Å². The number of halogens is 3. The molecule has 0 fully saturated rings. The molecule has 0 radical (unpaired) electrons. The van der Waals surface area contributed by atoms with Gasteiger partial charge in [-0.1, -0.05) is 47.3 Å². The summed E-state index contributed by atoms with van der Waals surface area (Å²) in [4.78, 5) is 8.47. The van der Waals surface area contributed by atoms with Crippen LogP contribution in [0.5, 0.6) is 0 Å². The molecule has 0 atom stereocenters. The molecule has 0 spiro atoms. The molecule has 5 nitrogen and oxygen atoms in total. The van der Waals surface area contributed by atoms with Crippen LogP contribution in [0, 0.1) is 0 Å². The van der Waals surface area contributed by atoms with Gasteiger partial charge in [-0.3, -0.25) is 0 Å². The Hall–Kier alpha value is -2.59. The van der Waals surface area contributed by atoms with Crippen molar-refractivity contribution >= 4 is 23.1 Å². The van der Waals surface area contributed by atoms with Gasteiger partial charge in [0, 0.05) is 10.9 Å². The molecule has 0 N–H and O–H groups in total. The van der Waals surface area contributed by atoms with Crippen LogP contribution < -0.4 is 0 Å². The molecule has 0 bridgehead atoms. The van der Waals surface area contributed by atoms with Crippen LogP contribution >= 0.6 is 23.1 Å². The Balaban J connectivity index is 1.56. The lowest BCUT2D eigenvalue weighted by atomic mass is 10.2. The molecule has 0 aliphatic carbocycles. The van der Waals surface area contributed by atoms with E-state index in [1.54, 1.807) is 24.3 Å². The van der Waals surface area contributed by atoms with Gasteiger partial charge in [0.15, 0.2) is 5.16 Å². The fourth-order valence-corrected chi connectivity index (χ4v) is 4.04. The predicted molar refractivity (Wildman–Crippen MR) is 101 cm³/mol. The lowest BCUT2D eigenvalue weighted by Gasteiger charge is -2.13. The van der Waals surface area contributed by atoms with Crippen LogP contribution in [-0.2, 0) is 12.3 Å². The Kier molecular flexibility index (Phi) is 5.23. The largest absolute Gasteiger partial charge is 0.406 e. The highest BCUT2D eigenvalue weighted by molar-refractivity contribution is 7.98. The minimum absolute atomic E-state index is 0.222. The smallest absolute Gasteiger partial charge is 0.338 e. The maximum absolute atomic E-state index is 13.1. The standard InChI is InChI=1S/C18H13F3N4OS2/c19-18(20,21)11-25-14(12-4-2-1-3-5-12)8-22-17(25)28-10-15-23-16(24-26-15)13-6-7-27-9-13/h1-9H,10-11H2. The molecule has 10 heteroatoms. The number of thiophene rings is 1. The third-order valence-electron chi connectivity index (χ3n) is 3.80. The van der Waals surface area contributed by atoms with E-state index in [-0.39, 0.29) is 10.9 Å². The first-order valence-electron chi connectivity index (χ1n) is 8.15. The summed E-state index contributed by atoms with van der Waals surface area (Å²) < 4.78 is 45.7. The van der Waals surface area contributed by atoms with E-state index in [1.807, 2.05) is 22.9 Å². The van der Waals surface area contributed by atoms with Crippen molar-refractivity contribution in [3.63, 3.8) is 0 Å². The first-order valence-corrected chi connectivity index (χ1v) is 10.1. The molecule has 4 rings (SSSR count). The summed E-state index contributed by atoms with van der Waals surface area (Å²) in [5, 5.41) is 7.94. The van der Waals surface area contributed by atoms with Crippen LogP contribution in [0.1, 0.15) is 5.89 Å². The van der Waals surface area contributed by atoms with Crippen LogP contribution in [0.3, 0.4) is 0 Å². The number of thioether (sulfide) groups is 1. The summed E-state index contributed by atoms with van der Waals surface area (Å²) in [5.74, 6) is 1.01. The maximum Gasteiger partial charge on any atom is 0.406 e. The highest BCUT2D eigenvalue weighted by Crippen LogP contribution is 2.31. The fourth-order valence-electron chi connectivity index (χ4n) is 2.59. The number of alkyl halides is 3. The van der Waals surface area contributed by atoms with E-state index in [9.17, 15) is 13.2 Å². The van der Waals surface area contributed by atoms with Crippen molar-refractivity contribution < 1.29 is 17.7 Å². The predicted octanol–water partition coefficient (Wildman–Crippen LogP) is 5.52. The molecule has 28 heavy (non-hydrogen) atoms. The van der Waals surface area contributed by atoms with Crippen molar-refractivity contribution in [1.29, 1.82) is 0 Å². The average Bonchev–Trinajstić information content (AvgIpc) is 3.40. The van der Waals surface area contributed by atoms with Gasteiger partial charge in [-0.25, -0.2) is 4.98 Å². The summed E-state index contributed by atoms with van der Waals surface area (Å²) in [5.41, 5.74) is 1.92. The van der Waals surface area contributed by atoms with Crippen molar-refractivity contribution in [2.24, 2.45) is 0 Å². The Bertz CT molecular complexity index is 1040. The highest BCUT2D eigenvalue weighted by atomic mass is 32.2. The number of benzene rings is 1. The molecule has 3 aromatic heterocycles. The second kappa shape index (κ2) is 7.80. The SMILES string of the molecule is FC(F)(F)Cn1c(-c2ccccc2)cnc1SCc1nc(-c2ccsc2)no1. The van der Waals surface area contributed by atoms with E-state index in [0.29, 0.717) is 23.0 Å². The molecular weight excluding hydrogens is 409 g/mol. The summed E-state index contributed by atoms with van der Waals surface area (Å²) in [7, 11) is 0. The van der Waals surface area contributed by atoms with E-state index >= 15 is 0 Å². The second-order valence-corrected chi connectivity index (χ2v) is 7.53. The summed E-state index contributed by atoms with van der Waals surface area (Å²) in [6.45, 7) is -1.12. The van der Waals surface area contributed by atoms with E-state index in [4.69, 9.17) is 4.52 Å². The van der Waals surface area contributed by atoms with Crippen molar-refractivity contribution in [1.82, 2.24) is 19.7 Å². The molecule has 1 aromatic carbocycles. The minimum atomic E-state index is -4.36. The second-order valence-electron chi connectivity index (χ2n) is 5.81. The van der Waals surface area contributed by atoms with Crippen LogP contribution in [0.2, 0.25) is 0 Å². The Morgan fingerprint density at radius 1 is 1.11 bits per heavy atom. The van der Waals surface area contributed by atoms with Crippen LogP contribution in [0.4, 0.5) is 13.2 Å². The van der Waals surface area contributed by atoms with Crippen molar-refractivity contribution in [3.05, 3.63) is 59.2 Å². The van der Waals surface area contributed by atoms with E-state index in [2.05, 4.69) is 15.1 Å². The molecule has 0 unspecified atom stereocenters. The van der Waals surface area contributed by atoms with Gasteiger partial charge in [-0.05, 0) is 17.0 Å². The monoisotopic (exact) mass is 422 g/mol. The van der Waals surface area contributed by atoms with E-state index in [0.717, 1.165) is 21.9 Å². The zero-order valence-corrected chi connectivity index (χ0v) is 15.9. The zero-order chi connectivity index (χ0) is 19.6. The normalized spacial score (nSPS) is 11.8. The van der Waals surface area contributed by atoms with Crippen LogP contribution in [0.25, 0.3) is 22.6 Å². The molecule has 4 aromatic rings. The molecule has 144 valence electrons. The fraction of sp³-hybridized carbons (Fsp3) is 0.167. The molecule has 0 saturated carbocycles. The first kappa shape index (κ1) is 18.8. The number of rotatable bonds is 6. The number of hydrogen-bond donors (Lipinski definition) is 0. The average molecular weight is 422 g/mol. The Morgan fingerprint density at radius 3 is 2.64 bits per heavy atom. The van der Waals surface area contributed by atoms with Gasteiger partial charge in [0.2, 0.25) is 11.7 Å². The molecular formula is C18H13F3N4OS2. The van der Waals surface area contributed by atoms with E-state index < -0.39 is 12.7 Å². The first-order chi connectivity index (χ1) is 13.5. The van der Waals surface area contributed by atoms with E-state index in [1.165, 1.54) is 17.5 Å².